The van der Waals surface area contributed by atoms with Crippen molar-refractivity contribution in [1.29, 1.82) is 0 Å². The second-order valence-electron chi connectivity index (χ2n) is 6.01. The molecule has 3 aromatic rings. The summed E-state index contributed by atoms with van der Waals surface area (Å²) in [6.07, 6.45) is 2.25. The summed E-state index contributed by atoms with van der Waals surface area (Å²) in [5.41, 5.74) is 1.30. The Balaban J connectivity index is 1.76. The standard InChI is InChI=1S/C21H19F2N3O/c22-18-10-6-11-19(23)20(18)25-21(27)26(15-17-9-4-5-13-24-17)14-12-16-7-2-1-3-8-16/h1-11,13H,12,14-15H2,(H,25,27). The van der Waals surface area contributed by atoms with Crippen LogP contribution >= 0.6 is 0 Å². The molecule has 6 heteroatoms. The van der Waals surface area contributed by atoms with E-state index in [0.717, 1.165) is 17.7 Å². The van der Waals surface area contributed by atoms with Gasteiger partial charge in [0.05, 0.1) is 12.2 Å². The summed E-state index contributed by atoms with van der Waals surface area (Å²) in [7, 11) is 0. The fourth-order valence-electron chi connectivity index (χ4n) is 2.65. The lowest BCUT2D eigenvalue weighted by molar-refractivity contribution is 0.209. The number of amides is 2. The quantitative estimate of drug-likeness (QED) is 0.690. The number of pyridine rings is 1. The smallest absolute Gasteiger partial charge is 0.318 e. The fraction of sp³-hybridized carbons (Fsp3) is 0.143. The van der Waals surface area contributed by atoms with Crippen LogP contribution in [0.2, 0.25) is 0 Å². The minimum atomic E-state index is -0.816. The molecule has 0 atom stereocenters. The van der Waals surface area contributed by atoms with E-state index in [1.807, 2.05) is 36.4 Å². The number of nitrogens with one attached hydrogen (secondary N) is 1. The molecule has 0 aliphatic carbocycles. The van der Waals surface area contributed by atoms with Crippen LogP contribution in [0.25, 0.3) is 0 Å². The number of halogens is 2. The van der Waals surface area contributed by atoms with Gasteiger partial charge >= 0.3 is 6.03 Å². The first-order valence-electron chi connectivity index (χ1n) is 8.57. The molecule has 0 spiro atoms. The third kappa shape index (κ3) is 5.10. The number of para-hydroxylation sites is 1. The normalized spacial score (nSPS) is 10.4. The molecule has 0 bridgehead atoms. The third-order valence-electron chi connectivity index (χ3n) is 4.07. The Morgan fingerprint density at radius 1 is 0.926 bits per heavy atom. The Hall–Kier alpha value is -3.28. The first-order valence-corrected chi connectivity index (χ1v) is 8.57. The highest BCUT2D eigenvalue weighted by atomic mass is 19.1. The largest absolute Gasteiger partial charge is 0.322 e. The predicted octanol–water partition coefficient (Wildman–Crippen LogP) is 4.64. The minimum absolute atomic E-state index is 0.232. The van der Waals surface area contributed by atoms with Crippen molar-refractivity contribution in [2.45, 2.75) is 13.0 Å². The summed E-state index contributed by atoms with van der Waals surface area (Å²) >= 11 is 0. The number of anilines is 1. The number of carbonyl (C=O) groups excluding carboxylic acids is 1. The van der Waals surface area contributed by atoms with E-state index in [-0.39, 0.29) is 6.54 Å². The maximum Gasteiger partial charge on any atom is 0.322 e. The molecule has 0 fully saturated rings. The number of carbonyl (C=O) groups is 1. The predicted molar refractivity (Wildman–Crippen MR) is 100 cm³/mol. The molecule has 0 aliphatic rings. The number of aromatic nitrogens is 1. The van der Waals surface area contributed by atoms with Crippen molar-refractivity contribution in [3.8, 4) is 0 Å². The molecular weight excluding hydrogens is 348 g/mol. The van der Waals surface area contributed by atoms with Crippen LogP contribution in [0.4, 0.5) is 19.3 Å². The molecule has 0 saturated heterocycles. The Labute approximate surface area is 156 Å². The van der Waals surface area contributed by atoms with Gasteiger partial charge in [-0.3, -0.25) is 4.98 Å². The molecule has 27 heavy (non-hydrogen) atoms. The van der Waals surface area contributed by atoms with Gasteiger partial charge in [-0.25, -0.2) is 13.6 Å². The summed E-state index contributed by atoms with van der Waals surface area (Å²) < 4.78 is 27.7. The third-order valence-corrected chi connectivity index (χ3v) is 4.07. The number of rotatable bonds is 6. The van der Waals surface area contributed by atoms with Crippen LogP contribution in [0.1, 0.15) is 11.3 Å². The minimum Gasteiger partial charge on any atom is -0.318 e. The van der Waals surface area contributed by atoms with Crippen LogP contribution in [-0.4, -0.2) is 22.5 Å². The highest BCUT2D eigenvalue weighted by Crippen LogP contribution is 2.19. The highest BCUT2D eigenvalue weighted by molar-refractivity contribution is 5.89. The van der Waals surface area contributed by atoms with Gasteiger partial charge in [-0.2, -0.15) is 0 Å². The lowest BCUT2D eigenvalue weighted by Crippen LogP contribution is -2.36. The number of urea groups is 1. The van der Waals surface area contributed by atoms with Gasteiger partial charge in [0, 0.05) is 12.7 Å². The van der Waals surface area contributed by atoms with Crippen LogP contribution in [0.3, 0.4) is 0 Å². The first kappa shape index (κ1) is 18.5. The van der Waals surface area contributed by atoms with E-state index >= 15 is 0 Å². The zero-order chi connectivity index (χ0) is 19.1. The van der Waals surface area contributed by atoms with Gasteiger partial charge in [-0.1, -0.05) is 42.5 Å². The van der Waals surface area contributed by atoms with Gasteiger partial charge in [0.2, 0.25) is 0 Å². The molecule has 0 aliphatic heterocycles. The Bertz CT molecular complexity index is 868. The molecular formula is C21H19F2N3O. The molecule has 0 saturated carbocycles. The first-order chi connectivity index (χ1) is 13.1. The molecule has 0 unspecified atom stereocenters. The molecule has 1 heterocycles. The van der Waals surface area contributed by atoms with Crippen molar-refractivity contribution >= 4 is 11.7 Å². The molecule has 138 valence electrons. The van der Waals surface area contributed by atoms with Crippen LogP contribution < -0.4 is 5.32 Å². The second-order valence-corrected chi connectivity index (χ2v) is 6.01. The van der Waals surface area contributed by atoms with E-state index in [2.05, 4.69) is 10.3 Å². The number of benzene rings is 2. The maximum absolute atomic E-state index is 13.9. The second kappa shape index (κ2) is 8.89. The van der Waals surface area contributed by atoms with Gasteiger partial charge in [-0.15, -0.1) is 0 Å². The van der Waals surface area contributed by atoms with Gasteiger partial charge < -0.3 is 10.2 Å². The van der Waals surface area contributed by atoms with Crippen LogP contribution in [-0.2, 0) is 13.0 Å². The molecule has 2 aromatic carbocycles. The van der Waals surface area contributed by atoms with E-state index < -0.39 is 23.4 Å². The van der Waals surface area contributed by atoms with Crippen molar-refractivity contribution in [3.63, 3.8) is 0 Å². The molecule has 2 amide bonds. The number of hydrogen-bond donors (Lipinski definition) is 1. The summed E-state index contributed by atoms with van der Waals surface area (Å²) in [4.78, 5) is 18.4. The van der Waals surface area contributed by atoms with Gasteiger partial charge in [0.15, 0.2) is 0 Å². The average molecular weight is 367 g/mol. The SMILES string of the molecule is O=C(Nc1c(F)cccc1F)N(CCc1ccccc1)Cc1ccccn1. The Morgan fingerprint density at radius 2 is 1.63 bits per heavy atom. The fourth-order valence-corrected chi connectivity index (χ4v) is 2.65. The van der Waals surface area contributed by atoms with Crippen molar-refractivity contribution < 1.29 is 13.6 Å². The topological polar surface area (TPSA) is 45.2 Å². The highest BCUT2D eigenvalue weighted by Gasteiger charge is 2.18. The van der Waals surface area contributed by atoms with Crippen molar-refractivity contribution in [1.82, 2.24) is 9.88 Å². The Morgan fingerprint density at radius 3 is 2.30 bits per heavy atom. The average Bonchev–Trinajstić information content (AvgIpc) is 2.69. The molecule has 1 N–H and O–H groups in total. The summed E-state index contributed by atoms with van der Waals surface area (Å²) in [5.74, 6) is -1.63. The van der Waals surface area contributed by atoms with Crippen LogP contribution in [0.15, 0.2) is 72.9 Å². The molecule has 1 aromatic heterocycles. The maximum atomic E-state index is 13.9. The van der Waals surface area contributed by atoms with Crippen LogP contribution in [0.5, 0.6) is 0 Å². The zero-order valence-electron chi connectivity index (χ0n) is 14.6. The molecule has 3 rings (SSSR count). The van der Waals surface area contributed by atoms with Gasteiger partial charge in [-0.05, 0) is 36.2 Å². The summed E-state index contributed by atoms with van der Waals surface area (Å²) in [5, 5.41) is 2.34. The monoisotopic (exact) mass is 367 g/mol. The van der Waals surface area contributed by atoms with Crippen LogP contribution in [0, 0.1) is 11.6 Å². The molecule has 0 radical (unpaired) electrons. The number of hydrogen-bond acceptors (Lipinski definition) is 2. The Kier molecular flexibility index (Phi) is 6.10. The van der Waals surface area contributed by atoms with E-state index in [1.54, 1.807) is 18.3 Å². The van der Waals surface area contributed by atoms with Crippen molar-refractivity contribution in [2.75, 3.05) is 11.9 Å². The van der Waals surface area contributed by atoms with E-state index in [9.17, 15) is 13.6 Å². The lowest BCUT2D eigenvalue weighted by Gasteiger charge is -2.23. The summed E-state index contributed by atoms with van der Waals surface area (Å²) in [6.45, 7) is 0.609. The van der Waals surface area contributed by atoms with E-state index in [0.29, 0.717) is 18.7 Å². The van der Waals surface area contributed by atoms with Crippen molar-refractivity contribution in [3.05, 3.63) is 95.8 Å². The zero-order valence-corrected chi connectivity index (χ0v) is 14.6. The molecule has 4 nitrogen and oxygen atoms in total. The van der Waals surface area contributed by atoms with E-state index in [4.69, 9.17) is 0 Å². The van der Waals surface area contributed by atoms with Gasteiger partial charge in [0.25, 0.3) is 0 Å². The van der Waals surface area contributed by atoms with Gasteiger partial charge in [0.1, 0.15) is 17.3 Å². The number of nitrogens with zero attached hydrogens (tertiary/aromatic N) is 2. The lowest BCUT2D eigenvalue weighted by atomic mass is 10.1. The van der Waals surface area contributed by atoms with Crippen molar-refractivity contribution in [2.24, 2.45) is 0 Å². The summed E-state index contributed by atoms with van der Waals surface area (Å²) in [6, 6.07) is 18.0. The van der Waals surface area contributed by atoms with E-state index in [1.165, 1.54) is 11.0 Å².